The number of benzene rings is 1. The van der Waals surface area contributed by atoms with Gasteiger partial charge in [0.25, 0.3) is 0 Å². The van der Waals surface area contributed by atoms with Gasteiger partial charge in [0.2, 0.25) is 11.8 Å². The van der Waals surface area contributed by atoms with Gasteiger partial charge in [-0.25, -0.2) is 0 Å². The fourth-order valence-corrected chi connectivity index (χ4v) is 2.01. The van der Waals surface area contributed by atoms with E-state index in [1.54, 1.807) is 0 Å². The summed E-state index contributed by atoms with van der Waals surface area (Å²) in [5.41, 5.74) is 1.65. The van der Waals surface area contributed by atoms with Gasteiger partial charge in [-0.2, -0.15) is 0 Å². The first-order valence-electron chi connectivity index (χ1n) is 7.60. The normalized spacial score (nSPS) is 12.4. The van der Waals surface area contributed by atoms with Gasteiger partial charge in [0.05, 0.1) is 4.83 Å². The monoisotopic (exact) mass is 383 g/mol. The third-order valence-electron chi connectivity index (χ3n) is 3.31. The van der Waals surface area contributed by atoms with Crippen LogP contribution in [-0.2, 0) is 9.59 Å². The fraction of sp³-hybridized carbons (Fsp3) is 0.529. The minimum atomic E-state index is -0.281. The van der Waals surface area contributed by atoms with Crippen molar-refractivity contribution in [3.05, 3.63) is 24.3 Å². The Balaban J connectivity index is 2.39. The Kier molecular flexibility index (Phi) is 7.06. The summed E-state index contributed by atoms with van der Waals surface area (Å²) < 4.78 is 0. The summed E-state index contributed by atoms with van der Waals surface area (Å²) in [6, 6.07) is 7.60. The molecule has 1 atom stereocenters. The van der Waals surface area contributed by atoms with Crippen LogP contribution in [-0.4, -0.2) is 37.3 Å². The van der Waals surface area contributed by atoms with Crippen LogP contribution in [0.5, 0.6) is 0 Å². The van der Waals surface area contributed by atoms with E-state index in [4.69, 9.17) is 0 Å². The Labute approximate surface area is 146 Å². The lowest BCUT2D eigenvalue weighted by Gasteiger charge is -2.24. The van der Waals surface area contributed by atoms with E-state index < -0.39 is 0 Å². The Morgan fingerprint density at radius 1 is 1.17 bits per heavy atom. The number of hydrogen-bond acceptors (Lipinski definition) is 3. The van der Waals surface area contributed by atoms with Crippen LogP contribution >= 0.6 is 15.9 Å². The van der Waals surface area contributed by atoms with Gasteiger partial charge in [-0.15, -0.1) is 0 Å². The molecule has 1 aromatic rings. The fourth-order valence-electron chi connectivity index (χ4n) is 1.85. The molecule has 2 N–H and O–H groups in total. The minimum Gasteiger partial charge on any atom is -0.378 e. The van der Waals surface area contributed by atoms with Gasteiger partial charge >= 0.3 is 0 Å². The molecule has 0 saturated carbocycles. The van der Waals surface area contributed by atoms with Crippen molar-refractivity contribution in [2.24, 2.45) is 5.41 Å². The predicted molar refractivity (Wildman–Crippen MR) is 99.2 cm³/mol. The van der Waals surface area contributed by atoms with Crippen LogP contribution in [0.4, 0.5) is 11.4 Å². The standard InChI is InChI=1S/C17H26BrN3O2/c1-17(2,3)15(18)16(23)19-11-10-14(22)20-12-6-8-13(9-7-12)21(4)5/h6-9,15H,10-11H2,1-5H3,(H,19,23)(H,20,22)/t15-/m0/s1. The highest BCUT2D eigenvalue weighted by Gasteiger charge is 2.28. The van der Waals surface area contributed by atoms with E-state index in [2.05, 4.69) is 26.6 Å². The number of nitrogens with zero attached hydrogens (tertiary/aromatic N) is 1. The second-order valence-corrected chi connectivity index (χ2v) is 7.67. The largest absolute Gasteiger partial charge is 0.378 e. The van der Waals surface area contributed by atoms with Crippen molar-refractivity contribution in [3.8, 4) is 0 Å². The van der Waals surface area contributed by atoms with Gasteiger partial charge in [-0.1, -0.05) is 36.7 Å². The highest BCUT2D eigenvalue weighted by atomic mass is 79.9. The zero-order valence-electron chi connectivity index (χ0n) is 14.4. The molecule has 1 rings (SSSR count). The van der Waals surface area contributed by atoms with Gasteiger partial charge in [0.15, 0.2) is 0 Å². The quantitative estimate of drug-likeness (QED) is 0.742. The summed E-state index contributed by atoms with van der Waals surface area (Å²) in [4.78, 5) is 25.5. The van der Waals surface area contributed by atoms with Crippen LogP contribution < -0.4 is 15.5 Å². The number of halogens is 1. The first-order valence-corrected chi connectivity index (χ1v) is 8.52. The maximum atomic E-state index is 11.9. The summed E-state index contributed by atoms with van der Waals surface area (Å²) in [6.45, 7) is 6.26. The average molecular weight is 384 g/mol. The average Bonchev–Trinajstić information content (AvgIpc) is 2.45. The van der Waals surface area contributed by atoms with E-state index in [1.807, 2.05) is 64.0 Å². The molecular formula is C17H26BrN3O2. The number of alkyl halides is 1. The zero-order valence-corrected chi connectivity index (χ0v) is 16.0. The molecule has 0 radical (unpaired) electrons. The van der Waals surface area contributed by atoms with E-state index >= 15 is 0 Å². The number of carbonyl (C=O) groups is 2. The minimum absolute atomic E-state index is 0.0966. The smallest absolute Gasteiger partial charge is 0.234 e. The van der Waals surface area contributed by atoms with Crippen LogP contribution in [0, 0.1) is 5.41 Å². The van der Waals surface area contributed by atoms with Crippen molar-refractivity contribution in [1.29, 1.82) is 0 Å². The van der Waals surface area contributed by atoms with Crippen molar-refractivity contribution in [2.45, 2.75) is 32.0 Å². The second kappa shape index (κ2) is 8.34. The summed E-state index contributed by atoms with van der Waals surface area (Å²) in [7, 11) is 3.93. The van der Waals surface area contributed by atoms with E-state index in [-0.39, 0.29) is 28.5 Å². The number of carbonyl (C=O) groups excluding carboxylic acids is 2. The van der Waals surface area contributed by atoms with E-state index in [0.717, 1.165) is 11.4 Å². The van der Waals surface area contributed by atoms with Gasteiger partial charge in [0.1, 0.15) is 0 Å². The molecule has 0 aliphatic carbocycles. The lowest BCUT2D eigenvalue weighted by Crippen LogP contribution is -2.39. The first-order chi connectivity index (χ1) is 10.6. The molecule has 0 saturated heterocycles. The maximum absolute atomic E-state index is 11.9. The molecular weight excluding hydrogens is 358 g/mol. The maximum Gasteiger partial charge on any atom is 0.234 e. The van der Waals surface area contributed by atoms with Crippen LogP contribution in [0.3, 0.4) is 0 Å². The van der Waals surface area contributed by atoms with Crippen molar-refractivity contribution >= 4 is 39.1 Å². The van der Waals surface area contributed by atoms with Crippen molar-refractivity contribution in [2.75, 3.05) is 30.9 Å². The molecule has 0 heterocycles. The summed E-state index contributed by atoms with van der Waals surface area (Å²) in [5.74, 6) is -0.217. The molecule has 6 heteroatoms. The van der Waals surface area contributed by atoms with E-state index in [0.29, 0.717) is 6.54 Å². The molecule has 2 amide bonds. The van der Waals surface area contributed by atoms with Crippen molar-refractivity contribution in [3.63, 3.8) is 0 Å². The Hall–Kier alpha value is -1.56. The SMILES string of the molecule is CN(C)c1ccc(NC(=O)CCNC(=O)[C@H](Br)C(C)(C)C)cc1. The number of rotatable bonds is 6. The van der Waals surface area contributed by atoms with Crippen LogP contribution in [0.25, 0.3) is 0 Å². The van der Waals surface area contributed by atoms with Gasteiger partial charge in [-0.3, -0.25) is 9.59 Å². The lowest BCUT2D eigenvalue weighted by molar-refractivity contribution is -0.122. The van der Waals surface area contributed by atoms with Gasteiger partial charge in [-0.05, 0) is 29.7 Å². The van der Waals surface area contributed by atoms with Crippen molar-refractivity contribution in [1.82, 2.24) is 5.32 Å². The lowest BCUT2D eigenvalue weighted by atomic mass is 9.92. The summed E-state index contributed by atoms with van der Waals surface area (Å²) >= 11 is 3.39. The van der Waals surface area contributed by atoms with E-state index in [1.165, 1.54) is 0 Å². The molecule has 128 valence electrons. The molecule has 5 nitrogen and oxygen atoms in total. The Morgan fingerprint density at radius 3 is 2.22 bits per heavy atom. The molecule has 0 spiro atoms. The molecule has 1 aromatic carbocycles. The molecule has 0 aliphatic heterocycles. The van der Waals surface area contributed by atoms with E-state index in [9.17, 15) is 9.59 Å². The highest BCUT2D eigenvalue weighted by Crippen LogP contribution is 2.25. The third kappa shape index (κ3) is 6.60. The summed E-state index contributed by atoms with van der Waals surface area (Å²) in [6.07, 6.45) is 0.241. The number of nitrogens with one attached hydrogen (secondary N) is 2. The van der Waals surface area contributed by atoms with Gasteiger partial charge < -0.3 is 15.5 Å². The molecule has 0 unspecified atom stereocenters. The first kappa shape index (κ1) is 19.5. The molecule has 0 fully saturated rings. The number of hydrogen-bond donors (Lipinski definition) is 2. The second-order valence-electron chi connectivity index (χ2n) is 6.76. The number of amides is 2. The Morgan fingerprint density at radius 2 is 1.74 bits per heavy atom. The highest BCUT2D eigenvalue weighted by molar-refractivity contribution is 9.10. The molecule has 0 bridgehead atoms. The zero-order chi connectivity index (χ0) is 17.6. The third-order valence-corrected chi connectivity index (χ3v) is 5.10. The molecule has 23 heavy (non-hydrogen) atoms. The molecule has 0 aliphatic rings. The number of anilines is 2. The Bertz CT molecular complexity index is 536. The van der Waals surface area contributed by atoms with Crippen molar-refractivity contribution < 1.29 is 9.59 Å². The van der Waals surface area contributed by atoms with Crippen LogP contribution in [0.2, 0.25) is 0 Å². The molecule has 0 aromatic heterocycles. The topological polar surface area (TPSA) is 61.4 Å². The van der Waals surface area contributed by atoms with Crippen LogP contribution in [0.1, 0.15) is 27.2 Å². The summed E-state index contributed by atoms with van der Waals surface area (Å²) in [5, 5.41) is 5.60. The predicted octanol–water partition coefficient (Wildman–Crippen LogP) is 3.01. The van der Waals surface area contributed by atoms with Gasteiger partial charge in [0, 0.05) is 38.4 Å². The van der Waals surface area contributed by atoms with Crippen LogP contribution in [0.15, 0.2) is 24.3 Å².